The Balaban J connectivity index is 1.82. The molecule has 27 heavy (non-hydrogen) atoms. The van der Waals surface area contributed by atoms with Gasteiger partial charge in [0.15, 0.2) is 0 Å². The lowest BCUT2D eigenvalue weighted by molar-refractivity contribution is -0.124. The molecule has 1 aromatic carbocycles. The molecule has 1 N–H and O–H groups in total. The van der Waals surface area contributed by atoms with Gasteiger partial charge in [-0.2, -0.15) is 0 Å². The Bertz CT molecular complexity index is 681. The van der Waals surface area contributed by atoms with Crippen molar-refractivity contribution in [1.82, 2.24) is 14.9 Å². The van der Waals surface area contributed by atoms with Gasteiger partial charge in [-0.15, -0.1) is 0 Å². The Morgan fingerprint density at radius 1 is 1.04 bits per heavy atom. The predicted octanol–water partition coefficient (Wildman–Crippen LogP) is 4.83. The molecule has 0 atom stereocenters. The van der Waals surface area contributed by atoms with E-state index in [9.17, 15) is 4.79 Å². The Labute approximate surface area is 163 Å². The van der Waals surface area contributed by atoms with Gasteiger partial charge in [-0.25, -0.2) is 4.98 Å². The molecule has 1 amide bonds. The van der Waals surface area contributed by atoms with Gasteiger partial charge in [0.05, 0.1) is 17.6 Å². The third-order valence-corrected chi connectivity index (χ3v) is 4.94. The van der Waals surface area contributed by atoms with Gasteiger partial charge < -0.3 is 14.6 Å². The number of hydrogen-bond donors (Lipinski definition) is 1. The average molecular weight is 374 g/mol. The molecule has 1 heterocycles. The highest BCUT2D eigenvalue weighted by atomic mass is 16.5. The highest BCUT2D eigenvalue weighted by Crippen LogP contribution is 2.18. The molecule has 0 aliphatic carbocycles. The zero-order valence-electron chi connectivity index (χ0n) is 17.0. The van der Waals surface area contributed by atoms with Gasteiger partial charge >= 0.3 is 0 Å². The van der Waals surface area contributed by atoms with E-state index in [1.54, 1.807) is 0 Å². The van der Waals surface area contributed by atoms with E-state index in [-0.39, 0.29) is 12.5 Å². The number of para-hydroxylation sites is 2. The van der Waals surface area contributed by atoms with Crippen LogP contribution in [0.3, 0.4) is 0 Å². The number of imidazole rings is 1. The summed E-state index contributed by atoms with van der Waals surface area (Å²) in [6.07, 6.45) is 11.9. The first kappa shape index (κ1) is 21.4. The SMILES string of the molecule is CCCCCCCCCCCn1c(CNC(=O)COC)nc2ccccc21. The summed E-state index contributed by atoms with van der Waals surface area (Å²) in [6.45, 7) is 3.73. The quantitative estimate of drug-likeness (QED) is 0.483. The molecular formula is C22H35N3O2. The summed E-state index contributed by atoms with van der Waals surface area (Å²) in [5.74, 6) is 0.805. The Morgan fingerprint density at radius 3 is 2.41 bits per heavy atom. The van der Waals surface area contributed by atoms with Gasteiger partial charge in [0.1, 0.15) is 12.4 Å². The summed E-state index contributed by atoms with van der Waals surface area (Å²) in [7, 11) is 1.53. The maximum Gasteiger partial charge on any atom is 0.246 e. The second kappa shape index (κ2) is 12.5. The van der Waals surface area contributed by atoms with Crippen molar-refractivity contribution in [3.8, 4) is 0 Å². The van der Waals surface area contributed by atoms with E-state index < -0.39 is 0 Å². The van der Waals surface area contributed by atoms with E-state index in [4.69, 9.17) is 9.72 Å². The first-order valence-electron chi connectivity index (χ1n) is 10.5. The van der Waals surface area contributed by atoms with Crippen LogP contribution in [0, 0.1) is 0 Å². The fourth-order valence-electron chi connectivity index (χ4n) is 3.45. The number of carbonyl (C=O) groups is 1. The van der Waals surface area contributed by atoms with E-state index in [1.807, 2.05) is 18.2 Å². The van der Waals surface area contributed by atoms with Crippen molar-refractivity contribution in [2.24, 2.45) is 0 Å². The van der Waals surface area contributed by atoms with Crippen LogP contribution in [0.15, 0.2) is 24.3 Å². The van der Waals surface area contributed by atoms with E-state index in [0.717, 1.165) is 29.8 Å². The number of nitrogens with one attached hydrogen (secondary N) is 1. The van der Waals surface area contributed by atoms with Crippen molar-refractivity contribution >= 4 is 16.9 Å². The minimum Gasteiger partial charge on any atom is -0.375 e. The van der Waals surface area contributed by atoms with Gasteiger partial charge in [-0.05, 0) is 18.6 Å². The molecule has 1 aromatic heterocycles. The van der Waals surface area contributed by atoms with Gasteiger partial charge in [-0.1, -0.05) is 70.4 Å². The molecule has 0 aliphatic rings. The average Bonchev–Trinajstić information content (AvgIpc) is 3.03. The van der Waals surface area contributed by atoms with Gasteiger partial charge in [0.25, 0.3) is 0 Å². The summed E-state index contributed by atoms with van der Waals surface area (Å²) < 4.78 is 7.13. The number of ether oxygens (including phenoxy) is 1. The maximum atomic E-state index is 11.7. The van der Waals surface area contributed by atoms with Crippen LogP contribution in [0.2, 0.25) is 0 Å². The van der Waals surface area contributed by atoms with Crippen LogP contribution in [0.25, 0.3) is 11.0 Å². The largest absolute Gasteiger partial charge is 0.375 e. The molecule has 5 heteroatoms. The number of aromatic nitrogens is 2. The van der Waals surface area contributed by atoms with Crippen LogP contribution < -0.4 is 5.32 Å². The fraction of sp³-hybridized carbons (Fsp3) is 0.636. The van der Waals surface area contributed by atoms with E-state index in [1.165, 1.54) is 58.5 Å². The molecule has 0 saturated carbocycles. The molecular weight excluding hydrogens is 338 g/mol. The summed E-state index contributed by atoms with van der Waals surface area (Å²) in [5, 5.41) is 2.89. The standard InChI is InChI=1S/C22H35N3O2/c1-3-4-5-6-7-8-9-10-13-16-25-20-15-12-11-14-19(20)24-21(25)17-23-22(26)18-27-2/h11-12,14-15H,3-10,13,16-18H2,1-2H3,(H,23,26). The number of benzene rings is 1. The van der Waals surface area contributed by atoms with Crippen LogP contribution in [0.5, 0.6) is 0 Å². The predicted molar refractivity (Wildman–Crippen MR) is 111 cm³/mol. The molecule has 0 aliphatic heterocycles. The summed E-state index contributed by atoms with van der Waals surface area (Å²) in [5.41, 5.74) is 2.14. The number of aryl methyl sites for hydroxylation is 1. The van der Waals surface area contributed by atoms with Crippen molar-refractivity contribution in [3.63, 3.8) is 0 Å². The van der Waals surface area contributed by atoms with Crippen molar-refractivity contribution < 1.29 is 9.53 Å². The molecule has 2 aromatic rings. The van der Waals surface area contributed by atoms with Gasteiger partial charge in [0.2, 0.25) is 5.91 Å². The lowest BCUT2D eigenvalue weighted by atomic mass is 10.1. The second-order valence-electron chi connectivity index (χ2n) is 7.21. The topological polar surface area (TPSA) is 56.2 Å². The molecule has 0 saturated heterocycles. The minimum atomic E-state index is -0.112. The number of hydrogen-bond acceptors (Lipinski definition) is 3. The third kappa shape index (κ3) is 7.33. The number of rotatable bonds is 14. The minimum absolute atomic E-state index is 0.0818. The van der Waals surface area contributed by atoms with Crippen LogP contribution in [0.1, 0.15) is 70.5 Å². The number of methoxy groups -OCH3 is 1. The van der Waals surface area contributed by atoms with Gasteiger partial charge in [-0.3, -0.25) is 4.79 Å². The smallest absolute Gasteiger partial charge is 0.246 e. The Morgan fingerprint density at radius 2 is 1.70 bits per heavy atom. The molecule has 5 nitrogen and oxygen atoms in total. The number of amides is 1. The molecule has 150 valence electrons. The Hall–Kier alpha value is -1.88. The first-order valence-corrected chi connectivity index (χ1v) is 10.5. The van der Waals surface area contributed by atoms with Crippen LogP contribution in [-0.2, 0) is 22.6 Å². The van der Waals surface area contributed by atoms with Crippen molar-refractivity contribution in [2.75, 3.05) is 13.7 Å². The molecule has 0 spiro atoms. The highest BCUT2D eigenvalue weighted by molar-refractivity contribution is 5.78. The zero-order valence-corrected chi connectivity index (χ0v) is 17.0. The molecule has 0 radical (unpaired) electrons. The van der Waals surface area contributed by atoms with Crippen LogP contribution in [0.4, 0.5) is 0 Å². The van der Waals surface area contributed by atoms with Crippen molar-refractivity contribution in [1.29, 1.82) is 0 Å². The lowest BCUT2D eigenvalue weighted by Gasteiger charge is -2.10. The summed E-state index contributed by atoms with van der Waals surface area (Å²) in [4.78, 5) is 16.4. The molecule has 0 unspecified atom stereocenters. The molecule has 0 bridgehead atoms. The molecule has 0 fully saturated rings. The summed E-state index contributed by atoms with van der Waals surface area (Å²) >= 11 is 0. The monoisotopic (exact) mass is 373 g/mol. The maximum absolute atomic E-state index is 11.7. The first-order chi connectivity index (χ1) is 13.3. The van der Waals surface area contributed by atoms with E-state index in [2.05, 4.69) is 22.9 Å². The number of nitrogens with zero attached hydrogens (tertiary/aromatic N) is 2. The van der Waals surface area contributed by atoms with Crippen molar-refractivity contribution in [3.05, 3.63) is 30.1 Å². The van der Waals surface area contributed by atoms with E-state index >= 15 is 0 Å². The van der Waals surface area contributed by atoms with Gasteiger partial charge in [0, 0.05) is 13.7 Å². The normalized spacial score (nSPS) is 11.2. The third-order valence-electron chi connectivity index (χ3n) is 4.94. The molecule has 2 rings (SSSR count). The number of unbranched alkanes of at least 4 members (excludes halogenated alkanes) is 8. The van der Waals surface area contributed by atoms with E-state index in [0.29, 0.717) is 6.54 Å². The number of fused-ring (bicyclic) bond motifs is 1. The zero-order chi connectivity index (χ0) is 19.3. The lowest BCUT2D eigenvalue weighted by Crippen LogP contribution is -2.28. The van der Waals surface area contributed by atoms with Crippen LogP contribution in [-0.4, -0.2) is 29.2 Å². The summed E-state index contributed by atoms with van der Waals surface area (Å²) in [6, 6.07) is 8.19. The number of carbonyl (C=O) groups excluding carboxylic acids is 1. The highest BCUT2D eigenvalue weighted by Gasteiger charge is 2.11. The van der Waals surface area contributed by atoms with Crippen molar-refractivity contribution in [2.45, 2.75) is 77.8 Å². The Kier molecular flexibility index (Phi) is 9.91. The van der Waals surface area contributed by atoms with Crippen LogP contribution >= 0.6 is 0 Å². The fourth-order valence-corrected chi connectivity index (χ4v) is 3.45. The second-order valence-corrected chi connectivity index (χ2v) is 7.21.